The topological polar surface area (TPSA) is 84.7 Å². The van der Waals surface area contributed by atoms with Crippen molar-refractivity contribution in [3.8, 4) is 5.75 Å². The highest BCUT2D eigenvalue weighted by Crippen LogP contribution is 2.29. The third-order valence-electron chi connectivity index (χ3n) is 3.89. The molecule has 0 radical (unpaired) electrons. The van der Waals surface area contributed by atoms with Crippen LogP contribution in [0, 0.1) is 10.1 Å². The first kappa shape index (κ1) is 20.1. The molecule has 2 rings (SSSR count). The molecule has 0 bridgehead atoms. The second-order valence-electron chi connectivity index (χ2n) is 5.46. The SMILES string of the molecule is CCN(CC)c1ccc([N+](=O)[O-])cc1C(=O)Nc1ccccc1OC(F)F. The molecule has 9 heteroatoms. The average Bonchev–Trinajstić information content (AvgIpc) is 2.64. The van der Waals surface area contributed by atoms with Gasteiger partial charge in [0.2, 0.25) is 0 Å². The van der Waals surface area contributed by atoms with Gasteiger partial charge in [0.15, 0.2) is 0 Å². The lowest BCUT2D eigenvalue weighted by atomic mass is 10.1. The number of nitro benzene ring substituents is 1. The lowest BCUT2D eigenvalue weighted by Gasteiger charge is -2.23. The highest BCUT2D eigenvalue weighted by Gasteiger charge is 2.21. The molecule has 0 unspecified atom stereocenters. The Labute approximate surface area is 154 Å². The Bertz CT molecular complexity index is 826. The van der Waals surface area contributed by atoms with Crippen LogP contribution in [0.1, 0.15) is 24.2 Å². The number of halogens is 2. The number of nitro groups is 1. The van der Waals surface area contributed by atoms with E-state index in [0.717, 1.165) is 0 Å². The third kappa shape index (κ3) is 4.90. The predicted molar refractivity (Wildman–Crippen MR) is 97.7 cm³/mol. The molecule has 0 spiro atoms. The van der Waals surface area contributed by atoms with E-state index in [2.05, 4.69) is 10.1 Å². The summed E-state index contributed by atoms with van der Waals surface area (Å²) in [6.07, 6.45) is 0. The third-order valence-corrected chi connectivity index (χ3v) is 3.89. The molecule has 144 valence electrons. The van der Waals surface area contributed by atoms with E-state index in [-0.39, 0.29) is 22.7 Å². The molecule has 0 aliphatic rings. The first-order valence-electron chi connectivity index (χ1n) is 8.25. The quantitative estimate of drug-likeness (QED) is 0.546. The number of rotatable bonds is 8. The minimum absolute atomic E-state index is 0.0415. The molecule has 0 saturated heterocycles. The first-order valence-corrected chi connectivity index (χ1v) is 8.25. The minimum Gasteiger partial charge on any atom is -0.433 e. The van der Waals surface area contributed by atoms with Crippen molar-refractivity contribution < 1.29 is 23.2 Å². The van der Waals surface area contributed by atoms with Gasteiger partial charge in [-0.3, -0.25) is 14.9 Å². The van der Waals surface area contributed by atoms with Crippen molar-refractivity contribution in [3.05, 3.63) is 58.1 Å². The summed E-state index contributed by atoms with van der Waals surface area (Å²) in [4.78, 5) is 25.1. The molecule has 0 fully saturated rings. The number of nitrogens with zero attached hydrogens (tertiary/aromatic N) is 2. The van der Waals surface area contributed by atoms with Gasteiger partial charge in [0.1, 0.15) is 5.75 Å². The number of nitrogens with one attached hydrogen (secondary N) is 1. The highest BCUT2D eigenvalue weighted by molar-refractivity contribution is 6.09. The average molecular weight is 379 g/mol. The Kier molecular flexibility index (Phi) is 6.64. The van der Waals surface area contributed by atoms with Crippen molar-refractivity contribution in [2.45, 2.75) is 20.5 Å². The fourth-order valence-electron chi connectivity index (χ4n) is 2.62. The number of ether oxygens (including phenoxy) is 1. The molecule has 0 aliphatic heterocycles. The molecule has 7 nitrogen and oxygen atoms in total. The predicted octanol–water partition coefficient (Wildman–Crippen LogP) is 4.29. The molecule has 0 atom stereocenters. The van der Waals surface area contributed by atoms with Crippen molar-refractivity contribution in [2.24, 2.45) is 0 Å². The number of non-ortho nitro benzene ring substituents is 1. The normalized spacial score (nSPS) is 10.6. The lowest BCUT2D eigenvalue weighted by Crippen LogP contribution is -2.26. The van der Waals surface area contributed by atoms with Crippen LogP contribution in [0.5, 0.6) is 5.75 Å². The highest BCUT2D eigenvalue weighted by atomic mass is 19.3. The van der Waals surface area contributed by atoms with Gasteiger partial charge in [0.05, 0.1) is 21.9 Å². The van der Waals surface area contributed by atoms with Crippen molar-refractivity contribution in [1.29, 1.82) is 0 Å². The zero-order valence-electron chi connectivity index (χ0n) is 14.8. The molecule has 0 aromatic heterocycles. The first-order chi connectivity index (χ1) is 12.9. The molecular weight excluding hydrogens is 360 g/mol. The van der Waals surface area contributed by atoms with Crippen molar-refractivity contribution in [3.63, 3.8) is 0 Å². The maximum absolute atomic E-state index is 12.8. The van der Waals surface area contributed by atoms with Gasteiger partial charge in [-0.2, -0.15) is 8.78 Å². The molecule has 27 heavy (non-hydrogen) atoms. The van der Waals surface area contributed by atoms with E-state index in [1.165, 1.54) is 36.4 Å². The Balaban J connectivity index is 2.43. The van der Waals surface area contributed by atoms with Gasteiger partial charge >= 0.3 is 6.61 Å². The zero-order chi connectivity index (χ0) is 20.0. The van der Waals surface area contributed by atoms with Crippen LogP contribution >= 0.6 is 0 Å². The maximum atomic E-state index is 12.8. The molecule has 0 saturated carbocycles. The van der Waals surface area contributed by atoms with Gasteiger partial charge < -0.3 is 15.0 Å². The Morgan fingerprint density at radius 3 is 2.48 bits per heavy atom. The van der Waals surface area contributed by atoms with Gasteiger partial charge in [-0.05, 0) is 32.0 Å². The Hall–Kier alpha value is -3.23. The summed E-state index contributed by atoms with van der Waals surface area (Å²) in [5.41, 5.74) is 0.378. The van der Waals surface area contributed by atoms with E-state index in [4.69, 9.17) is 0 Å². The number of para-hydroxylation sites is 2. The van der Waals surface area contributed by atoms with E-state index < -0.39 is 17.4 Å². The summed E-state index contributed by atoms with van der Waals surface area (Å²) in [6, 6.07) is 9.72. The van der Waals surface area contributed by atoms with Crippen LogP contribution in [0.3, 0.4) is 0 Å². The van der Waals surface area contributed by atoms with E-state index >= 15 is 0 Å². The van der Waals surface area contributed by atoms with E-state index in [9.17, 15) is 23.7 Å². The maximum Gasteiger partial charge on any atom is 0.387 e. The van der Waals surface area contributed by atoms with Crippen molar-refractivity contribution in [1.82, 2.24) is 0 Å². The summed E-state index contributed by atoms with van der Waals surface area (Å²) >= 11 is 0. The van der Waals surface area contributed by atoms with Crippen LogP contribution < -0.4 is 15.0 Å². The summed E-state index contributed by atoms with van der Waals surface area (Å²) in [7, 11) is 0. The van der Waals surface area contributed by atoms with Crippen LogP contribution in [0.15, 0.2) is 42.5 Å². The standard InChI is InChI=1S/C18H19F2N3O4/c1-3-22(4-2)15-10-9-12(23(25)26)11-13(15)17(24)21-14-7-5-6-8-16(14)27-18(19)20/h5-11,18H,3-4H2,1-2H3,(H,21,24). The molecule has 2 aromatic carbocycles. The number of benzene rings is 2. The monoisotopic (exact) mass is 379 g/mol. The van der Waals surface area contributed by atoms with Crippen LogP contribution in [-0.4, -0.2) is 30.5 Å². The molecule has 1 amide bonds. The smallest absolute Gasteiger partial charge is 0.387 e. The van der Waals surface area contributed by atoms with E-state index in [1.54, 1.807) is 6.07 Å². The van der Waals surface area contributed by atoms with Gasteiger partial charge in [-0.25, -0.2) is 0 Å². The van der Waals surface area contributed by atoms with Gasteiger partial charge in [-0.1, -0.05) is 12.1 Å². The second-order valence-corrected chi connectivity index (χ2v) is 5.46. The minimum atomic E-state index is -3.05. The number of carbonyl (C=O) groups excluding carboxylic acids is 1. The van der Waals surface area contributed by atoms with Crippen LogP contribution in [0.2, 0.25) is 0 Å². The summed E-state index contributed by atoms with van der Waals surface area (Å²) in [5.74, 6) is -0.860. The Morgan fingerprint density at radius 1 is 1.22 bits per heavy atom. The second kappa shape index (κ2) is 8.93. The van der Waals surface area contributed by atoms with Crippen LogP contribution in [0.25, 0.3) is 0 Å². The van der Waals surface area contributed by atoms with E-state index in [1.807, 2.05) is 18.7 Å². The summed E-state index contributed by atoms with van der Waals surface area (Å²) in [5, 5.41) is 13.6. The zero-order valence-corrected chi connectivity index (χ0v) is 14.8. The summed E-state index contributed by atoms with van der Waals surface area (Å²) < 4.78 is 29.5. The molecule has 1 N–H and O–H groups in total. The van der Waals surface area contributed by atoms with Crippen LogP contribution in [-0.2, 0) is 0 Å². The number of hydrogen-bond donors (Lipinski definition) is 1. The Morgan fingerprint density at radius 2 is 1.89 bits per heavy atom. The molecule has 0 heterocycles. The largest absolute Gasteiger partial charge is 0.433 e. The molecule has 0 aliphatic carbocycles. The molecular formula is C18H19F2N3O4. The lowest BCUT2D eigenvalue weighted by molar-refractivity contribution is -0.384. The molecule has 2 aromatic rings. The van der Waals surface area contributed by atoms with Gasteiger partial charge in [0, 0.05) is 25.2 Å². The van der Waals surface area contributed by atoms with E-state index in [0.29, 0.717) is 18.8 Å². The van der Waals surface area contributed by atoms with Crippen LogP contribution in [0.4, 0.5) is 25.8 Å². The summed E-state index contributed by atoms with van der Waals surface area (Å²) in [6.45, 7) is 1.89. The van der Waals surface area contributed by atoms with Crippen molar-refractivity contribution in [2.75, 3.05) is 23.3 Å². The van der Waals surface area contributed by atoms with Crippen molar-refractivity contribution >= 4 is 23.0 Å². The number of amides is 1. The van der Waals surface area contributed by atoms with Gasteiger partial charge in [-0.15, -0.1) is 0 Å². The fourth-order valence-corrected chi connectivity index (χ4v) is 2.62. The number of anilines is 2. The number of hydrogen-bond acceptors (Lipinski definition) is 5. The number of alkyl halides is 2. The number of carbonyl (C=O) groups is 1. The fraction of sp³-hybridized carbons (Fsp3) is 0.278. The van der Waals surface area contributed by atoms with Gasteiger partial charge in [0.25, 0.3) is 11.6 Å².